The summed E-state index contributed by atoms with van der Waals surface area (Å²) in [5.41, 5.74) is 0.582. The van der Waals surface area contributed by atoms with E-state index in [0.29, 0.717) is 5.56 Å². The van der Waals surface area contributed by atoms with E-state index in [-0.39, 0.29) is 12.6 Å². The van der Waals surface area contributed by atoms with E-state index in [1.165, 1.54) is 0 Å². The summed E-state index contributed by atoms with van der Waals surface area (Å²) in [6, 6.07) is 3.76. The summed E-state index contributed by atoms with van der Waals surface area (Å²) in [4.78, 5) is 16.8. The molecule has 0 amide bonds. The molecule has 4 nitrogen and oxygen atoms in total. The van der Waals surface area contributed by atoms with Gasteiger partial charge in [0, 0.05) is 18.3 Å². The van der Waals surface area contributed by atoms with E-state index >= 15 is 0 Å². The zero-order valence-electron chi connectivity index (χ0n) is 8.47. The van der Waals surface area contributed by atoms with Gasteiger partial charge in [0.25, 0.3) is 0 Å². The van der Waals surface area contributed by atoms with E-state index in [2.05, 4.69) is 9.88 Å². The molecule has 1 aromatic rings. The Morgan fingerprint density at radius 2 is 2.47 bits per heavy atom. The van der Waals surface area contributed by atoms with Crippen molar-refractivity contribution in [3.8, 4) is 0 Å². The molecule has 1 aliphatic heterocycles. The average Bonchev–Trinajstić information content (AvgIpc) is 2.77. The zero-order chi connectivity index (χ0) is 10.7. The zero-order valence-corrected chi connectivity index (χ0v) is 8.47. The molecule has 80 valence electrons. The minimum atomic E-state index is 0.164. The van der Waals surface area contributed by atoms with Crippen LogP contribution < -0.4 is 4.90 Å². The number of carbonyl (C=O) groups is 1. The van der Waals surface area contributed by atoms with Crippen LogP contribution in [-0.2, 0) is 0 Å². The van der Waals surface area contributed by atoms with Gasteiger partial charge in [0.1, 0.15) is 5.82 Å². The van der Waals surface area contributed by atoms with E-state index < -0.39 is 0 Å². The number of aliphatic hydroxyl groups excluding tert-OH is 1. The highest BCUT2D eigenvalue weighted by atomic mass is 16.3. The third-order valence-electron chi connectivity index (χ3n) is 2.79. The quantitative estimate of drug-likeness (QED) is 0.745. The van der Waals surface area contributed by atoms with Crippen molar-refractivity contribution >= 4 is 12.1 Å². The molecule has 0 spiro atoms. The summed E-state index contributed by atoms with van der Waals surface area (Å²) in [7, 11) is 0. The third-order valence-corrected chi connectivity index (χ3v) is 2.79. The predicted molar refractivity (Wildman–Crippen MR) is 57.1 cm³/mol. The standard InChI is InChI=1S/C11H14N2O2/c14-7-9-3-4-11(12-6-9)13-5-1-2-10(13)8-15/h3-4,6-7,10,15H,1-2,5,8H2/t10-/m1/s1. The fourth-order valence-electron chi connectivity index (χ4n) is 1.96. The monoisotopic (exact) mass is 206 g/mol. The van der Waals surface area contributed by atoms with Gasteiger partial charge in [-0.3, -0.25) is 4.79 Å². The Morgan fingerprint density at radius 1 is 1.60 bits per heavy atom. The van der Waals surface area contributed by atoms with Gasteiger partial charge in [0.15, 0.2) is 6.29 Å². The molecule has 1 aliphatic rings. The van der Waals surface area contributed by atoms with Crippen molar-refractivity contribution in [2.24, 2.45) is 0 Å². The van der Waals surface area contributed by atoms with Crippen LogP contribution in [0.1, 0.15) is 23.2 Å². The molecule has 4 heteroatoms. The van der Waals surface area contributed by atoms with Crippen molar-refractivity contribution in [1.29, 1.82) is 0 Å². The second-order valence-electron chi connectivity index (χ2n) is 3.74. The van der Waals surface area contributed by atoms with E-state index in [1.807, 2.05) is 6.07 Å². The summed E-state index contributed by atoms with van der Waals surface area (Å²) in [5.74, 6) is 0.845. The minimum Gasteiger partial charge on any atom is -0.394 e. The Bertz CT molecular complexity index is 337. The molecular weight excluding hydrogens is 192 g/mol. The highest BCUT2D eigenvalue weighted by molar-refractivity contribution is 5.74. The van der Waals surface area contributed by atoms with Gasteiger partial charge in [0.2, 0.25) is 0 Å². The third kappa shape index (κ3) is 1.99. The number of hydrogen-bond acceptors (Lipinski definition) is 4. The fourth-order valence-corrected chi connectivity index (χ4v) is 1.96. The number of hydrogen-bond donors (Lipinski definition) is 1. The van der Waals surface area contributed by atoms with Crippen LogP contribution in [0.15, 0.2) is 18.3 Å². The highest BCUT2D eigenvalue weighted by Crippen LogP contribution is 2.23. The van der Waals surface area contributed by atoms with Crippen molar-refractivity contribution < 1.29 is 9.90 Å². The van der Waals surface area contributed by atoms with Crippen LogP contribution in [-0.4, -0.2) is 35.6 Å². The Hall–Kier alpha value is -1.42. The maximum atomic E-state index is 10.5. The van der Waals surface area contributed by atoms with Gasteiger partial charge in [0.05, 0.1) is 12.6 Å². The molecule has 0 saturated carbocycles. The average molecular weight is 206 g/mol. The summed E-state index contributed by atoms with van der Waals surface area (Å²) in [5, 5.41) is 9.17. The second-order valence-corrected chi connectivity index (χ2v) is 3.74. The van der Waals surface area contributed by atoms with Crippen LogP contribution >= 0.6 is 0 Å². The van der Waals surface area contributed by atoms with Crippen LogP contribution in [0.25, 0.3) is 0 Å². The number of pyridine rings is 1. The summed E-state index contributed by atoms with van der Waals surface area (Å²) >= 11 is 0. The number of rotatable bonds is 3. The molecule has 1 N–H and O–H groups in total. The lowest BCUT2D eigenvalue weighted by atomic mass is 10.2. The summed E-state index contributed by atoms with van der Waals surface area (Å²) in [6.07, 6.45) is 4.44. The molecule has 1 fully saturated rings. The molecule has 2 rings (SSSR count). The number of aromatic nitrogens is 1. The number of nitrogens with zero attached hydrogens (tertiary/aromatic N) is 2. The van der Waals surface area contributed by atoms with Gasteiger partial charge in [-0.1, -0.05) is 0 Å². The molecule has 1 aromatic heterocycles. The Balaban J connectivity index is 2.17. The van der Waals surface area contributed by atoms with Crippen LogP contribution in [0.2, 0.25) is 0 Å². The van der Waals surface area contributed by atoms with Crippen LogP contribution in [0.4, 0.5) is 5.82 Å². The summed E-state index contributed by atoms with van der Waals surface area (Å²) in [6.45, 7) is 1.09. The first-order chi connectivity index (χ1) is 7.35. The van der Waals surface area contributed by atoms with Crippen LogP contribution in [0.5, 0.6) is 0 Å². The maximum absolute atomic E-state index is 10.5. The van der Waals surface area contributed by atoms with E-state index in [9.17, 15) is 9.90 Å². The van der Waals surface area contributed by atoms with Crippen molar-refractivity contribution in [2.75, 3.05) is 18.1 Å². The molecule has 1 atom stereocenters. The molecule has 0 radical (unpaired) electrons. The van der Waals surface area contributed by atoms with Crippen molar-refractivity contribution in [3.63, 3.8) is 0 Å². The summed E-state index contributed by atoms with van der Waals surface area (Å²) < 4.78 is 0. The normalized spacial score (nSPS) is 20.6. The first-order valence-corrected chi connectivity index (χ1v) is 5.14. The number of aliphatic hydroxyl groups is 1. The number of carbonyl (C=O) groups excluding carboxylic acids is 1. The highest BCUT2D eigenvalue weighted by Gasteiger charge is 2.24. The molecule has 0 unspecified atom stereocenters. The smallest absolute Gasteiger partial charge is 0.151 e. The largest absolute Gasteiger partial charge is 0.394 e. The van der Waals surface area contributed by atoms with E-state index in [1.54, 1.807) is 12.3 Å². The molecule has 0 bridgehead atoms. The predicted octanol–water partition coefficient (Wildman–Crippen LogP) is 0.855. The van der Waals surface area contributed by atoms with Gasteiger partial charge in [-0.2, -0.15) is 0 Å². The first-order valence-electron chi connectivity index (χ1n) is 5.14. The van der Waals surface area contributed by atoms with Gasteiger partial charge in [-0.25, -0.2) is 4.98 Å². The SMILES string of the molecule is O=Cc1ccc(N2CCC[C@@H]2CO)nc1. The molecular formula is C11H14N2O2. The lowest BCUT2D eigenvalue weighted by Gasteiger charge is -2.23. The van der Waals surface area contributed by atoms with Gasteiger partial charge < -0.3 is 10.0 Å². The van der Waals surface area contributed by atoms with Gasteiger partial charge in [-0.05, 0) is 25.0 Å². The molecule has 0 aliphatic carbocycles. The Morgan fingerprint density at radius 3 is 3.07 bits per heavy atom. The van der Waals surface area contributed by atoms with Crippen LogP contribution in [0.3, 0.4) is 0 Å². The lowest BCUT2D eigenvalue weighted by molar-refractivity contribution is 0.112. The van der Waals surface area contributed by atoms with Crippen LogP contribution in [0, 0.1) is 0 Å². The fraction of sp³-hybridized carbons (Fsp3) is 0.455. The van der Waals surface area contributed by atoms with E-state index in [0.717, 1.165) is 31.5 Å². The van der Waals surface area contributed by atoms with Gasteiger partial charge in [-0.15, -0.1) is 0 Å². The number of anilines is 1. The van der Waals surface area contributed by atoms with Crippen molar-refractivity contribution in [2.45, 2.75) is 18.9 Å². The van der Waals surface area contributed by atoms with Crippen molar-refractivity contribution in [3.05, 3.63) is 23.9 Å². The van der Waals surface area contributed by atoms with E-state index in [4.69, 9.17) is 0 Å². The first kappa shape index (κ1) is 10.1. The molecule has 2 heterocycles. The van der Waals surface area contributed by atoms with Crippen molar-refractivity contribution in [1.82, 2.24) is 4.98 Å². The molecule has 1 saturated heterocycles. The molecule has 15 heavy (non-hydrogen) atoms. The Kier molecular flexibility index (Phi) is 2.97. The Labute approximate surface area is 88.6 Å². The minimum absolute atomic E-state index is 0.164. The van der Waals surface area contributed by atoms with Gasteiger partial charge >= 0.3 is 0 Å². The maximum Gasteiger partial charge on any atom is 0.151 e. The second kappa shape index (κ2) is 4.40. The molecule has 0 aromatic carbocycles. The topological polar surface area (TPSA) is 53.4 Å². The number of aldehydes is 1. The lowest BCUT2D eigenvalue weighted by Crippen LogP contribution is -2.32.